The van der Waals surface area contributed by atoms with Gasteiger partial charge in [0.05, 0.1) is 0 Å². The predicted octanol–water partition coefficient (Wildman–Crippen LogP) is 9.81. The molecule has 2 fully saturated rings. The van der Waals surface area contributed by atoms with E-state index < -0.39 is 0 Å². The molecule has 1 unspecified atom stereocenters. The van der Waals surface area contributed by atoms with Crippen LogP contribution in [0.5, 0.6) is 0 Å². The number of rotatable bonds is 11. The zero-order valence-corrected chi connectivity index (χ0v) is 20.1. The van der Waals surface area contributed by atoms with Crippen LogP contribution in [-0.4, -0.2) is 0 Å². The molecule has 30 heavy (non-hydrogen) atoms. The van der Waals surface area contributed by atoms with E-state index in [9.17, 15) is 0 Å². The topological polar surface area (TPSA) is 0 Å². The molecule has 1 atom stereocenters. The molecule has 2 aliphatic carbocycles. The van der Waals surface area contributed by atoms with Gasteiger partial charge in [0.25, 0.3) is 0 Å². The first-order valence-electron chi connectivity index (χ1n) is 13.5. The van der Waals surface area contributed by atoms with Gasteiger partial charge in [-0.05, 0) is 85.7 Å². The van der Waals surface area contributed by atoms with E-state index in [2.05, 4.69) is 50.8 Å². The number of hydrogen-bond donors (Lipinski definition) is 0. The second kappa shape index (κ2) is 12.7. The van der Waals surface area contributed by atoms with E-state index in [0.717, 1.165) is 30.1 Å². The van der Waals surface area contributed by atoms with E-state index in [-0.39, 0.29) is 0 Å². The van der Waals surface area contributed by atoms with Crippen molar-refractivity contribution in [1.29, 1.82) is 0 Å². The molecule has 0 radical (unpaired) electrons. The minimum atomic E-state index is 0.688. The molecule has 0 saturated heterocycles. The monoisotopic (exact) mass is 408 g/mol. The summed E-state index contributed by atoms with van der Waals surface area (Å²) in [5.74, 6) is 4.36. The summed E-state index contributed by atoms with van der Waals surface area (Å²) >= 11 is 0. The van der Waals surface area contributed by atoms with Gasteiger partial charge in [-0.25, -0.2) is 0 Å². The molecule has 0 N–H and O–H groups in total. The summed E-state index contributed by atoms with van der Waals surface area (Å²) in [4.78, 5) is 0. The highest BCUT2D eigenvalue weighted by Gasteiger charge is 2.28. The van der Waals surface area contributed by atoms with Crippen LogP contribution >= 0.6 is 0 Å². The lowest BCUT2D eigenvalue weighted by Crippen LogP contribution is -2.20. The second-order valence-corrected chi connectivity index (χ2v) is 10.6. The molecule has 0 amide bonds. The molecule has 1 aromatic carbocycles. The smallest absolute Gasteiger partial charge is 0.00991 e. The van der Waals surface area contributed by atoms with Gasteiger partial charge in [0.2, 0.25) is 0 Å². The van der Waals surface area contributed by atoms with Crippen molar-refractivity contribution in [2.45, 2.75) is 122 Å². The molecule has 1 aromatic rings. The molecule has 168 valence electrons. The van der Waals surface area contributed by atoms with Gasteiger partial charge < -0.3 is 0 Å². The quantitative estimate of drug-likeness (QED) is 0.252. The van der Waals surface area contributed by atoms with Crippen molar-refractivity contribution >= 4 is 0 Å². The van der Waals surface area contributed by atoms with Crippen LogP contribution in [0.15, 0.2) is 36.9 Å². The Labute approximate surface area is 187 Å². The fourth-order valence-electron chi connectivity index (χ4n) is 6.55. The van der Waals surface area contributed by atoms with Crippen LogP contribution in [0.25, 0.3) is 0 Å². The van der Waals surface area contributed by atoms with Gasteiger partial charge >= 0.3 is 0 Å². The minimum Gasteiger partial charge on any atom is -0.103 e. The molecule has 0 aliphatic heterocycles. The highest BCUT2D eigenvalue weighted by Crippen LogP contribution is 2.42. The van der Waals surface area contributed by atoms with Gasteiger partial charge in [-0.1, -0.05) is 95.6 Å². The third kappa shape index (κ3) is 6.73. The minimum absolute atomic E-state index is 0.688. The molecule has 0 aromatic heterocycles. The van der Waals surface area contributed by atoms with Gasteiger partial charge in [0.15, 0.2) is 0 Å². The van der Waals surface area contributed by atoms with Crippen molar-refractivity contribution in [3.63, 3.8) is 0 Å². The van der Waals surface area contributed by atoms with Gasteiger partial charge in [-0.3, -0.25) is 0 Å². The summed E-state index contributed by atoms with van der Waals surface area (Å²) in [6, 6.07) is 9.93. The van der Waals surface area contributed by atoms with Crippen molar-refractivity contribution < 1.29 is 0 Å². The zero-order valence-electron chi connectivity index (χ0n) is 20.1. The average Bonchev–Trinajstić information content (AvgIpc) is 2.79. The Morgan fingerprint density at radius 1 is 0.800 bits per heavy atom. The maximum Gasteiger partial charge on any atom is -0.00991 e. The molecule has 2 saturated carbocycles. The zero-order chi connectivity index (χ0) is 21.2. The van der Waals surface area contributed by atoms with Crippen LogP contribution in [0.3, 0.4) is 0 Å². The van der Waals surface area contributed by atoms with Crippen LogP contribution in [0.1, 0.15) is 133 Å². The Kier molecular flexibility index (Phi) is 10.0. The molecular formula is C30H48. The van der Waals surface area contributed by atoms with Crippen LogP contribution < -0.4 is 0 Å². The van der Waals surface area contributed by atoms with Gasteiger partial charge in [-0.2, -0.15) is 0 Å². The van der Waals surface area contributed by atoms with Crippen molar-refractivity contribution in [3.05, 3.63) is 48.0 Å². The Hall–Kier alpha value is -1.04. The molecule has 0 heteroatoms. The Morgan fingerprint density at radius 3 is 2.03 bits per heavy atom. The summed E-state index contributed by atoms with van der Waals surface area (Å²) in [7, 11) is 0. The van der Waals surface area contributed by atoms with Crippen LogP contribution in [-0.2, 0) is 0 Å². The Morgan fingerprint density at radius 2 is 1.43 bits per heavy atom. The standard InChI is InChI=1S/C30H48/c1-4-7-8-11-25-12-16-26(17-13-25)27-20-22-29(23-21-27)30(10-6-3)28-18-14-24(9-5-2)15-19-28/h6,20-26,28,30H,3-5,7-19H2,1-2H3/t24-,25-,26-,28-,30?. The fourth-order valence-corrected chi connectivity index (χ4v) is 6.55. The van der Waals surface area contributed by atoms with Crippen LogP contribution in [0, 0.1) is 17.8 Å². The van der Waals surface area contributed by atoms with Crippen molar-refractivity contribution in [3.8, 4) is 0 Å². The van der Waals surface area contributed by atoms with Gasteiger partial charge in [0, 0.05) is 0 Å². The highest BCUT2D eigenvalue weighted by molar-refractivity contribution is 5.29. The average molecular weight is 409 g/mol. The van der Waals surface area contributed by atoms with E-state index >= 15 is 0 Å². The SMILES string of the molecule is C=CCC(c1ccc([C@H]2CC[C@H](CCCCC)CC2)cc1)[C@H]1CC[C@H](CCC)CC1. The first kappa shape index (κ1) is 23.6. The second-order valence-electron chi connectivity index (χ2n) is 10.6. The highest BCUT2D eigenvalue weighted by atomic mass is 14.3. The van der Waals surface area contributed by atoms with E-state index in [4.69, 9.17) is 0 Å². The number of benzene rings is 1. The predicted molar refractivity (Wildman–Crippen MR) is 133 cm³/mol. The number of unbranched alkanes of at least 4 members (excludes halogenated alkanes) is 2. The molecular weight excluding hydrogens is 360 g/mol. The lowest BCUT2D eigenvalue weighted by Gasteiger charge is -2.34. The van der Waals surface area contributed by atoms with Crippen molar-refractivity contribution in [1.82, 2.24) is 0 Å². The van der Waals surface area contributed by atoms with Crippen LogP contribution in [0.4, 0.5) is 0 Å². The first-order valence-corrected chi connectivity index (χ1v) is 13.5. The maximum atomic E-state index is 4.09. The van der Waals surface area contributed by atoms with Gasteiger partial charge in [0.1, 0.15) is 0 Å². The molecule has 0 heterocycles. The third-order valence-corrected chi connectivity index (χ3v) is 8.48. The van der Waals surface area contributed by atoms with E-state index in [1.165, 1.54) is 89.9 Å². The van der Waals surface area contributed by atoms with Crippen molar-refractivity contribution in [2.75, 3.05) is 0 Å². The van der Waals surface area contributed by atoms with E-state index in [0.29, 0.717) is 5.92 Å². The normalized spacial score (nSPS) is 28.2. The summed E-state index contributed by atoms with van der Waals surface area (Å²) in [5, 5.41) is 0. The van der Waals surface area contributed by atoms with E-state index in [1.54, 1.807) is 11.1 Å². The van der Waals surface area contributed by atoms with Gasteiger partial charge in [-0.15, -0.1) is 6.58 Å². The summed E-state index contributed by atoms with van der Waals surface area (Å²) in [5.41, 5.74) is 3.18. The van der Waals surface area contributed by atoms with Crippen molar-refractivity contribution in [2.24, 2.45) is 17.8 Å². The number of hydrogen-bond acceptors (Lipinski definition) is 0. The summed E-state index contributed by atoms with van der Waals surface area (Å²) < 4.78 is 0. The third-order valence-electron chi connectivity index (χ3n) is 8.48. The maximum absolute atomic E-state index is 4.09. The first-order chi connectivity index (χ1) is 14.7. The summed E-state index contributed by atoms with van der Waals surface area (Å²) in [6.45, 7) is 8.75. The molecule has 0 nitrogen and oxygen atoms in total. The fraction of sp³-hybridized carbons (Fsp3) is 0.733. The summed E-state index contributed by atoms with van der Waals surface area (Å²) in [6.07, 6.45) is 23.3. The Bertz CT molecular complexity index is 581. The van der Waals surface area contributed by atoms with Crippen LogP contribution in [0.2, 0.25) is 0 Å². The molecule has 0 spiro atoms. The molecule has 3 rings (SSSR count). The Balaban J connectivity index is 1.54. The molecule has 0 bridgehead atoms. The lowest BCUT2D eigenvalue weighted by molar-refractivity contribution is 0.232. The largest absolute Gasteiger partial charge is 0.103 e. The van der Waals surface area contributed by atoms with E-state index in [1.807, 2.05) is 0 Å². The molecule has 2 aliphatic rings. The number of allylic oxidation sites excluding steroid dienone is 1. The lowest BCUT2D eigenvalue weighted by atomic mass is 9.71.